The van der Waals surface area contributed by atoms with Gasteiger partial charge in [0.15, 0.2) is 0 Å². The summed E-state index contributed by atoms with van der Waals surface area (Å²) in [6.45, 7) is 9.83. The lowest BCUT2D eigenvalue weighted by atomic mass is 9.57. The Hall–Kier alpha value is -1.66. The number of hydrogen-bond acceptors (Lipinski definition) is 6. The van der Waals surface area contributed by atoms with Gasteiger partial charge in [-0.05, 0) is 51.4 Å². The Morgan fingerprint density at radius 3 is 2.04 bits per heavy atom. The summed E-state index contributed by atoms with van der Waals surface area (Å²) in [4.78, 5) is 24.8. The molecule has 2 N–H and O–H groups in total. The number of hydrogen-bond donors (Lipinski definition) is 2. The van der Waals surface area contributed by atoms with Gasteiger partial charge in [-0.15, -0.1) is 0 Å². The maximum absolute atomic E-state index is 12.4. The molecule has 3 aliphatic carbocycles. The highest BCUT2D eigenvalue weighted by Crippen LogP contribution is 2.76. The Morgan fingerprint density at radius 1 is 1.00 bits per heavy atom. The van der Waals surface area contributed by atoms with Gasteiger partial charge in [-0.3, -0.25) is 0 Å². The average Bonchev–Trinajstić information content (AvgIpc) is 3.23. The van der Waals surface area contributed by atoms with E-state index in [-0.39, 0.29) is 30.3 Å². The molecule has 0 aromatic heterocycles. The van der Waals surface area contributed by atoms with E-state index in [9.17, 15) is 19.8 Å². The molecule has 0 amide bonds. The molecule has 0 aromatic rings. The molecule has 3 rings (SSSR count). The standard InChI is InChI=1S/C20H28O6/c1-12(2)16(23)25-20(26-17(24)13(3)4)8-6-15-14-5-7-18(9-14,10-21)19(15,20)11-22/h14-15,21-22H,1,3,5-11H2,2,4H3. The van der Waals surface area contributed by atoms with Gasteiger partial charge in [-0.1, -0.05) is 13.2 Å². The van der Waals surface area contributed by atoms with Crippen LogP contribution in [0.5, 0.6) is 0 Å². The monoisotopic (exact) mass is 364 g/mol. The maximum atomic E-state index is 12.4. The van der Waals surface area contributed by atoms with Crippen molar-refractivity contribution in [2.45, 2.75) is 51.7 Å². The Kier molecular flexibility index (Phi) is 4.56. The summed E-state index contributed by atoms with van der Waals surface area (Å²) >= 11 is 0. The number of ether oxygens (including phenoxy) is 2. The molecular formula is C20H28O6. The summed E-state index contributed by atoms with van der Waals surface area (Å²) in [5, 5.41) is 20.8. The highest BCUT2D eigenvalue weighted by Gasteiger charge is 2.79. The lowest BCUT2D eigenvalue weighted by Gasteiger charge is -2.53. The topological polar surface area (TPSA) is 93.1 Å². The van der Waals surface area contributed by atoms with E-state index in [1.165, 1.54) is 13.8 Å². The minimum atomic E-state index is -1.61. The highest BCUT2D eigenvalue weighted by atomic mass is 16.7. The van der Waals surface area contributed by atoms with Crippen molar-refractivity contribution in [1.29, 1.82) is 0 Å². The predicted molar refractivity (Wildman–Crippen MR) is 93.6 cm³/mol. The van der Waals surface area contributed by atoms with Crippen molar-refractivity contribution in [3.8, 4) is 0 Å². The molecule has 2 bridgehead atoms. The van der Waals surface area contributed by atoms with Crippen LogP contribution in [0.1, 0.15) is 46.0 Å². The van der Waals surface area contributed by atoms with E-state index in [1.807, 2.05) is 0 Å². The van der Waals surface area contributed by atoms with Crippen LogP contribution in [0.2, 0.25) is 0 Å². The van der Waals surface area contributed by atoms with Crippen LogP contribution >= 0.6 is 0 Å². The van der Waals surface area contributed by atoms with Crippen LogP contribution in [0.3, 0.4) is 0 Å². The fourth-order valence-electron chi connectivity index (χ4n) is 5.92. The van der Waals surface area contributed by atoms with E-state index in [4.69, 9.17) is 9.47 Å². The summed E-state index contributed by atoms with van der Waals surface area (Å²) < 4.78 is 11.6. The summed E-state index contributed by atoms with van der Waals surface area (Å²) in [5.41, 5.74) is -1.26. The first-order valence-electron chi connectivity index (χ1n) is 9.18. The molecule has 0 aliphatic heterocycles. The number of aliphatic hydroxyl groups excluding tert-OH is 2. The lowest BCUT2D eigenvalue weighted by Crippen LogP contribution is -2.62. The molecule has 26 heavy (non-hydrogen) atoms. The Bertz CT molecular complexity index is 639. The third-order valence-corrected chi connectivity index (χ3v) is 7.02. The number of rotatable bonds is 6. The molecule has 4 unspecified atom stereocenters. The van der Waals surface area contributed by atoms with Crippen LogP contribution in [0, 0.1) is 22.7 Å². The SMILES string of the molecule is C=C(C)C(=O)OC1(OC(=O)C(=C)C)CCC2C3CCC(CO)(C3)C21CO. The molecule has 0 heterocycles. The van der Waals surface area contributed by atoms with E-state index in [1.54, 1.807) is 0 Å². The second-order valence-corrected chi connectivity index (χ2v) is 8.31. The van der Waals surface area contributed by atoms with Gasteiger partial charge in [0.05, 0.1) is 12.0 Å². The van der Waals surface area contributed by atoms with Crippen molar-refractivity contribution in [1.82, 2.24) is 0 Å². The molecule has 0 aromatic carbocycles. The molecule has 6 nitrogen and oxygen atoms in total. The molecular weight excluding hydrogens is 336 g/mol. The number of aliphatic hydroxyl groups is 2. The van der Waals surface area contributed by atoms with E-state index >= 15 is 0 Å². The molecule has 3 aliphatic rings. The Labute approximate surface area is 153 Å². The van der Waals surface area contributed by atoms with Crippen LogP contribution in [-0.4, -0.2) is 41.2 Å². The zero-order valence-electron chi connectivity index (χ0n) is 15.5. The molecule has 0 spiro atoms. The van der Waals surface area contributed by atoms with Crippen LogP contribution in [0.25, 0.3) is 0 Å². The second-order valence-electron chi connectivity index (χ2n) is 8.31. The molecule has 3 saturated carbocycles. The van der Waals surface area contributed by atoms with Crippen molar-refractivity contribution in [2.24, 2.45) is 22.7 Å². The molecule has 0 saturated heterocycles. The number of carbonyl (C=O) groups is 2. The van der Waals surface area contributed by atoms with Gasteiger partial charge < -0.3 is 19.7 Å². The first kappa shape index (κ1) is 19.1. The number of fused-ring (bicyclic) bond motifs is 5. The summed E-state index contributed by atoms with van der Waals surface area (Å²) in [6, 6.07) is 0. The van der Waals surface area contributed by atoms with E-state index in [0.717, 1.165) is 12.8 Å². The van der Waals surface area contributed by atoms with Crippen LogP contribution in [-0.2, 0) is 19.1 Å². The van der Waals surface area contributed by atoms with Gasteiger partial charge in [0.2, 0.25) is 0 Å². The smallest absolute Gasteiger partial charge is 0.336 e. The lowest BCUT2D eigenvalue weighted by molar-refractivity contribution is -0.297. The minimum Gasteiger partial charge on any atom is -0.418 e. The van der Waals surface area contributed by atoms with Crippen LogP contribution < -0.4 is 0 Å². The van der Waals surface area contributed by atoms with Gasteiger partial charge in [-0.25, -0.2) is 9.59 Å². The highest BCUT2D eigenvalue weighted by molar-refractivity contribution is 5.89. The van der Waals surface area contributed by atoms with Gasteiger partial charge >= 0.3 is 11.9 Å². The average molecular weight is 364 g/mol. The predicted octanol–water partition coefficient (Wildman–Crippen LogP) is 2.10. The third-order valence-electron chi connectivity index (χ3n) is 7.02. The maximum Gasteiger partial charge on any atom is 0.336 e. The number of carbonyl (C=O) groups excluding carboxylic acids is 2. The van der Waals surface area contributed by atoms with E-state index < -0.39 is 28.6 Å². The molecule has 0 radical (unpaired) electrons. The second kappa shape index (κ2) is 6.20. The summed E-state index contributed by atoms with van der Waals surface area (Å²) in [5.74, 6) is -2.59. The van der Waals surface area contributed by atoms with Gasteiger partial charge in [-0.2, -0.15) is 0 Å². The largest absolute Gasteiger partial charge is 0.418 e. The molecule has 144 valence electrons. The van der Waals surface area contributed by atoms with Crippen molar-refractivity contribution in [2.75, 3.05) is 13.2 Å². The Balaban J connectivity index is 2.13. The zero-order chi connectivity index (χ0) is 19.3. The molecule has 4 atom stereocenters. The van der Waals surface area contributed by atoms with Crippen molar-refractivity contribution in [3.05, 3.63) is 24.3 Å². The number of esters is 2. The van der Waals surface area contributed by atoms with Crippen molar-refractivity contribution >= 4 is 11.9 Å². The third kappa shape index (κ3) is 2.24. The first-order valence-corrected chi connectivity index (χ1v) is 9.18. The molecule has 3 fully saturated rings. The quantitative estimate of drug-likeness (QED) is 0.426. The summed E-state index contributed by atoms with van der Waals surface area (Å²) in [6.07, 6.45) is 3.38. The molecule has 6 heteroatoms. The fraction of sp³-hybridized carbons (Fsp3) is 0.700. The zero-order valence-corrected chi connectivity index (χ0v) is 15.5. The van der Waals surface area contributed by atoms with E-state index in [2.05, 4.69) is 13.2 Å². The minimum absolute atomic E-state index is 0.0317. The normalized spacial score (nSPS) is 36.5. The van der Waals surface area contributed by atoms with Gasteiger partial charge in [0.25, 0.3) is 5.79 Å². The van der Waals surface area contributed by atoms with Gasteiger partial charge in [0.1, 0.15) is 0 Å². The van der Waals surface area contributed by atoms with Crippen molar-refractivity contribution < 1.29 is 29.3 Å². The van der Waals surface area contributed by atoms with Crippen LogP contribution in [0.4, 0.5) is 0 Å². The van der Waals surface area contributed by atoms with E-state index in [0.29, 0.717) is 25.2 Å². The summed E-state index contributed by atoms with van der Waals surface area (Å²) in [7, 11) is 0. The van der Waals surface area contributed by atoms with Gasteiger partial charge in [0, 0.05) is 29.6 Å². The Morgan fingerprint density at radius 2 is 1.58 bits per heavy atom. The van der Waals surface area contributed by atoms with Crippen molar-refractivity contribution in [3.63, 3.8) is 0 Å². The van der Waals surface area contributed by atoms with Crippen LogP contribution in [0.15, 0.2) is 24.3 Å². The first-order chi connectivity index (χ1) is 12.2. The fourth-order valence-corrected chi connectivity index (χ4v) is 5.92.